The summed E-state index contributed by atoms with van der Waals surface area (Å²) in [7, 11) is 2.12. The van der Waals surface area contributed by atoms with Crippen LogP contribution in [0.25, 0.3) is 0 Å². The Morgan fingerprint density at radius 3 is 2.53 bits per heavy atom. The quantitative estimate of drug-likeness (QED) is 0.740. The maximum Gasteiger partial charge on any atom is 0.293 e. The minimum absolute atomic E-state index is 0.318. The number of hydrogen-bond donors (Lipinski definition) is 1. The van der Waals surface area contributed by atoms with Crippen molar-refractivity contribution in [1.82, 2.24) is 4.90 Å². The van der Waals surface area contributed by atoms with E-state index in [2.05, 4.69) is 16.7 Å². The van der Waals surface area contributed by atoms with E-state index in [4.69, 9.17) is 10.5 Å². The maximum atomic E-state index is 9.60. The molecule has 1 unspecified atom stereocenters. The summed E-state index contributed by atoms with van der Waals surface area (Å²) in [6.07, 6.45) is 1.37. The Balaban J connectivity index is 0.000000325. The molecule has 1 saturated heterocycles. The van der Waals surface area contributed by atoms with Gasteiger partial charge >= 0.3 is 0 Å². The van der Waals surface area contributed by atoms with Crippen molar-refractivity contribution < 1.29 is 14.3 Å². The highest BCUT2D eigenvalue weighted by Crippen LogP contribution is 2.05. The van der Waals surface area contributed by atoms with Crippen LogP contribution in [-0.4, -0.2) is 56.4 Å². The lowest BCUT2D eigenvalue weighted by molar-refractivity contribution is -0.138. The molecule has 1 aliphatic rings. The molecule has 0 aromatic rings. The molecule has 102 valence electrons. The standard InChI is InChI=1S/C7H16N2O.C5H10O2/c1-9-4-5-10-7(6-9)2-3-8;1-5(2,3)7-4-6/h7H,2-6,8H2,1H3;4H,1-3H3. The fourth-order valence-corrected chi connectivity index (χ4v) is 1.37. The van der Waals surface area contributed by atoms with Crippen LogP contribution >= 0.6 is 0 Å². The van der Waals surface area contributed by atoms with E-state index in [1.165, 1.54) is 0 Å². The van der Waals surface area contributed by atoms with E-state index in [-0.39, 0.29) is 5.60 Å². The molecule has 1 rings (SSSR count). The van der Waals surface area contributed by atoms with Gasteiger partial charge < -0.3 is 20.1 Å². The number of likely N-dealkylation sites (N-methyl/N-ethyl adjacent to an activating group) is 1. The van der Waals surface area contributed by atoms with E-state index in [1.807, 2.05) is 20.8 Å². The zero-order chi connectivity index (χ0) is 13.3. The fraction of sp³-hybridized carbons (Fsp3) is 0.917. The predicted molar refractivity (Wildman–Crippen MR) is 67.8 cm³/mol. The maximum absolute atomic E-state index is 9.60. The minimum atomic E-state index is -0.318. The lowest BCUT2D eigenvalue weighted by Crippen LogP contribution is -2.40. The van der Waals surface area contributed by atoms with Gasteiger partial charge in [-0.2, -0.15) is 0 Å². The van der Waals surface area contributed by atoms with Crippen molar-refractivity contribution in [2.75, 3.05) is 33.3 Å². The first-order valence-corrected chi connectivity index (χ1v) is 6.00. The van der Waals surface area contributed by atoms with Crippen LogP contribution in [0, 0.1) is 0 Å². The molecule has 0 spiro atoms. The molecule has 1 fully saturated rings. The van der Waals surface area contributed by atoms with Crippen molar-refractivity contribution in [2.24, 2.45) is 5.73 Å². The average molecular weight is 246 g/mol. The third-order valence-corrected chi connectivity index (χ3v) is 2.23. The molecule has 0 radical (unpaired) electrons. The molecule has 1 aliphatic heterocycles. The topological polar surface area (TPSA) is 64.8 Å². The summed E-state index contributed by atoms with van der Waals surface area (Å²) in [6, 6.07) is 0. The zero-order valence-electron chi connectivity index (χ0n) is 11.4. The van der Waals surface area contributed by atoms with Gasteiger partial charge in [0.05, 0.1) is 12.7 Å². The molecule has 1 atom stereocenters. The van der Waals surface area contributed by atoms with Gasteiger partial charge in [-0.15, -0.1) is 0 Å². The van der Waals surface area contributed by atoms with Crippen LogP contribution in [0.5, 0.6) is 0 Å². The second-order valence-corrected chi connectivity index (χ2v) is 5.16. The number of ether oxygens (including phenoxy) is 2. The SMILES string of the molecule is CC(C)(C)OC=O.CN1CCOC(CCN)C1. The van der Waals surface area contributed by atoms with Crippen LogP contribution < -0.4 is 5.73 Å². The van der Waals surface area contributed by atoms with Gasteiger partial charge in [-0.25, -0.2) is 0 Å². The first-order valence-electron chi connectivity index (χ1n) is 6.00. The summed E-state index contributed by atoms with van der Waals surface area (Å²) in [5.74, 6) is 0. The van der Waals surface area contributed by atoms with E-state index in [1.54, 1.807) is 0 Å². The molecule has 0 amide bonds. The Hall–Kier alpha value is -0.650. The van der Waals surface area contributed by atoms with Crippen LogP contribution in [0.3, 0.4) is 0 Å². The number of nitrogens with zero attached hydrogens (tertiary/aromatic N) is 1. The van der Waals surface area contributed by atoms with Crippen molar-refractivity contribution in [3.8, 4) is 0 Å². The second-order valence-electron chi connectivity index (χ2n) is 5.16. The summed E-state index contributed by atoms with van der Waals surface area (Å²) in [4.78, 5) is 11.9. The zero-order valence-corrected chi connectivity index (χ0v) is 11.4. The number of rotatable bonds is 3. The van der Waals surface area contributed by atoms with Gasteiger partial charge in [-0.3, -0.25) is 4.79 Å². The van der Waals surface area contributed by atoms with Crippen LogP contribution in [0.4, 0.5) is 0 Å². The minimum Gasteiger partial charge on any atom is -0.462 e. The van der Waals surface area contributed by atoms with Crippen LogP contribution in [0.1, 0.15) is 27.2 Å². The second kappa shape index (κ2) is 8.44. The Kier molecular flexibility index (Phi) is 8.12. The van der Waals surface area contributed by atoms with Gasteiger partial charge in [-0.1, -0.05) is 0 Å². The van der Waals surface area contributed by atoms with Gasteiger partial charge in [0.25, 0.3) is 6.47 Å². The van der Waals surface area contributed by atoms with E-state index in [9.17, 15) is 4.79 Å². The molecule has 1 heterocycles. The molecule has 5 heteroatoms. The van der Waals surface area contributed by atoms with Gasteiger partial charge in [0, 0.05) is 13.1 Å². The molecule has 0 bridgehead atoms. The largest absolute Gasteiger partial charge is 0.462 e. The Morgan fingerprint density at radius 2 is 2.18 bits per heavy atom. The fourth-order valence-electron chi connectivity index (χ4n) is 1.37. The van der Waals surface area contributed by atoms with Crippen molar-refractivity contribution >= 4 is 6.47 Å². The van der Waals surface area contributed by atoms with Gasteiger partial charge in [-0.05, 0) is 40.8 Å². The summed E-state index contributed by atoms with van der Waals surface area (Å²) in [5.41, 5.74) is 5.09. The number of hydrogen-bond acceptors (Lipinski definition) is 5. The van der Waals surface area contributed by atoms with Gasteiger partial charge in [0.1, 0.15) is 5.60 Å². The smallest absolute Gasteiger partial charge is 0.293 e. The normalized spacial score (nSPS) is 21.4. The summed E-state index contributed by atoms with van der Waals surface area (Å²) in [6.45, 7) is 9.61. The van der Waals surface area contributed by atoms with Crippen molar-refractivity contribution in [3.05, 3.63) is 0 Å². The van der Waals surface area contributed by atoms with Gasteiger partial charge in [0.15, 0.2) is 0 Å². The third kappa shape index (κ3) is 10.2. The first-order chi connectivity index (χ1) is 7.89. The third-order valence-electron chi connectivity index (χ3n) is 2.23. The molecule has 0 aromatic heterocycles. The van der Waals surface area contributed by atoms with Crippen molar-refractivity contribution in [3.63, 3.8) is 0 Å². The van der Waals surface area contributed by atoms with E-state index in [0.29, 0.717) is 12.6 Å². The van der Waals surface area contributed by atoms with Crippen molar-refractivity contribution in [1.29, 1.82) is 0 Å². The summed E-state index contributed by atoms with van der Waals surface area (Å²) >= 11 is 0. The Bertz CT molecular complexity index is 202. The van der Waals surface area contributed by atoms with Crippen LogP contribution in [0.15, 0.2) is 0 Å². The first kappa shape index (κ1) is 16.4. The molecule has 0 saturated carbocycles. The molecular formula is C12H26N2O3. The molecule has 0 aliphatic carbocycles. The molecule has 5 nitrogen and oxygen atoms in total. The Morgan fingerprint density at radius 1 is 1.53 bits per heavy atom. The number of carbonyl (C=O) groups excluding carboxylic acids is 1. The van der Waals surface area contributed by atoms with E-state index < -0.39 is 0 Å². The molecule has 0 aromatic carbocycles. The summed E-state index contributed by atoms with van der Waals surface area (Å²) in [5, 5.41) is 0. The molecule has 2 N–H and O–H groups in total. The summed E-state index contributed by atoms with van der Waals surface area (Å²) < 4.78 is 10.0. The van der Waals surface area contributed by atoms with E-state index >= 15 is 0 Å². The molecular weight excluding hydrogens is 220 g/mol. The number of morpholine rings is 1. The highest BCUT2D eigenvalue weighted by atomic mass is 16.5. The lowest BCUT2D eigenvalue weighted by atomic mass is 10.2. The average Bonchev–Trinajstić information content (AvgIpc) is 2.17. The highest BCUT2D eigenvalue weighted by Gasteiger charge is 2.15. The lowest BCUT2D eigenvalue weighted by Gasteiger charge is -2.29. The van der Waals surface area contributed by atoms with E-state index in [0.717, 1.165) is 32.7 Å². The molecule has 17 heavy (non-hydrogen) atoms. The highest BCUT2D eigenvalue weighted by molar-refractivity contribution is 5.37. The predicted octanol–water partition coefficient (Wildman–Crippen LogP) is 0.624. The number of nitrogens with two attached hydrogens (primary N) is 1. The van der Waals surface area contributed by atoms with Gasteiger partial charge in [0.2, 0.25) is 0 Å². The monoisotopic (exact) mass is 246 g/mol. The Labute approximate surface area is 104 Å². The van der Waals surface area contributed by atoms with Crippen LogP contribution in [0.2, 0.25) is 0 Å². The van der Waals surface area contributed by atoms with Crippen LogP contribution in [-0.2, 0) is 14.3 Å². The number of carbonyl (C=O) groups is 1. The van der Waals surface area contributed by atoms with Crippen molar-refractivity contribution in [2.45, 2.75) is 38.9 Å².